The summed E-state index contributed by atoms with van der Waals surface area (Å²) in [4.78, 5) is 9.35. The molecule has 1 aliphatic heterocycles. The Bertz CT molecular complexity index is 1050. The van der Waals surface area contributed by atoms with E-state index in [1.54, 1.807) is 12.1 Å². The Labute approximate surface area is 159 Å². The molecule has 136 valence electrons. The third-order valence-corrected chi connectivity index (χ3v) is 6.25. The van der Waals surface area contributed by atoms with Crippen LogP contribution in [0.3, 0.4) is 0 Å². The van der Waals surface area contributed by atoms with Crippen molar-refractivity contribution < 1.29 is 4.39 Å². The zero-order valence-corrected chi connectivity index (χ0v) is 15.6. The minimum absolute atomic E-state index is 0.182. The number of hydrogen-bond donors (Lipinski definition) is 0. The van der Waals surface area contributed by atoms with Crippen LogP contribution in [0.4, 0.5) is 10.1 Å². The number of halogens is 1. The Morgan fingerprint density at radius 3 is 2.59 bits per heavy atom. The summed E-state index contributed by atoms with van der Waals surface area (Å²) in [7, 11) is 0. The molecule has 3 heteroatoms. The van der Waals surface area contributed by atoms with Crippen molar-refractivity contribution in [1.82, 2.24) is 4.98 Å². The van der Waals surface area contributed by atoms with Crippen molar-refractivity contribution in [3.63, 3.8) is 0 Å². The van der Waals surface area contributed by atoms with Crippen LogP contribution in [0, 0.1) is 18.7 Å². The van der Waals surface area contributed by atoms with Crippen molar-refractivity contribution in [2.45, 2.75) is 44.9 Å². The lowest BCUT2D eigenvalue weighted by Gasteiger charge is -2.29. The van der Waals surface area contributed by atoms with Crippen LogP contribution < -0.4 is 0 Å². The van der Waals surface area contributed by atoms with Crippen molar-refractivity contribution in [3.8, 4) is 0 Å². The molecule has 1 aliphatic carbocycles. The summed E-state index contributed by atoms with van der Waals surface area (Å²) < 4.78 is 13.8. The van der Waals surface area contributed by atoms with Gasteiger partial charge in [-0.15, -0.1) is 0 Å². The van der Waals surface area contributed by atoms with E-state index < -0.39 is 0 Å². The number of hydrogen-bond acceptors (Lipinski definition) is 2. The summed E-state index contributed by atoms with van der Waals surface area (Å²) >= 11 is 0. The van der Waals surface area contributed by atoms with Gasteiger partial charge in [0.05, 0.1) is 11.2 Å². The number of pyridine rings is 1. The molecule has 1 fully saturated rings. The van der Waals surface area contributed by atoms with E-state index in [-0.39, 0.29) is 5.82 Å². The zero-order valence-electron chi connectivity index (χ0n) is 15.6. The lowest BCUT2D eigenvalue weighted by molar-refractivity contribution is 0.392. The highest BCUT2D eigenvalue weighted by Crippen LogP contribution is 2.41. The highest BCUT2D eigenvalue weighted by molar-refractivity contribution is 5.95. The Hall–Kier alpha value is -2.55. The van der Waals surface area contributed by atoms with Crippen LogP contribution in [-0.4, -0.2) is 10.7 Å². The number of nitrogens with zero attached hydrogens (tertiary/aromatic N) is 2. The molecule has 5 rings (SSSR count). The lowest BCUT2D eigenvalue weighted by atomic mass is 9.76. The van der Waals surface area contributed by atoms with E-state index >= 15 is 0 Å². The zero-order chi connectivity index (χ0) is 18.4. The third kappa shape index (κ3) is 3.05. The van der Waals surface area contributed by atoms with Gasteiger partial charge in [-0.3, -0.25) is 9.98 Å². The quantitative estimate of drug-likeness (QED) is 0.529. The molecule has 3 aromatic rings. The highest BCUT2D eigenvalue weighted by Gasteiger charge is 2.29. The number of benzene rings is 2. The van der Waals surface area contributed by atoms with Gasteiger partial charge in [0, 0.05) is 23.7 Å². The summed E-state index contributed by atoms with van der Waals surface area (Å²) in [6.07, 6.45) is 7.46. The molecule has 0 N–H and O–H groups in total. The lowest BCUT2D eigenvalue weighted by Crippen LogP contribution is -2.21. The van der Waals surface area contributed by atoms with Crippen LogP contribution in [0.2, 0.25) is 0 Å². The second kappa shape index (κ2) is 6.56. The molecule has 2 nitrogen and oxygen atoms in total. The monoisotopic (exact) mass is 358 g/mol. The number of aromatic nitrogens is 1. The van der Waals surface area contributed by atoms with Crippen molar-refractivity contribution in [2.75, 3.05) is 0 Å². The normalized spacial score (nSPS) is 21.9. The van der Waals surface area contributed by atoms with E-state index in [1.165, 1.54) is 34.2 Å². The average Bonchev–Trinajstić information content (AvgIpc) is 3.11. The van der Waals surface area contributed by atoms with Gasteiger partial charge in [-0.25, -0.2) is 4.39 Å². The molecule has 27 heavy (non-hydrogen) atoms. The SMILES string of the molecule is Cc1ccc2c(c1)N=C(C1CCC(c3ccnc4ccc(F)cc34)CC1)C2. The molecule has 0 saturated heterocycles. The van der Waals surface area contributed by atoms with Gasteiger partial charge in [-0.2, -0.15) is 0 Å². The first-order valence-corrected chi connectivity index (χ1v) is 9.88. The molecule has 0 unspecified atom stereocenters. The van der Waals surface area contributed by atoms with E-state index in [0.29, 0.717) is 11.8 Å². The van der Waals surface area contributed by atoms with Gasteiger partial charge in [-0.1, -0.05) is 12.1 Å². The molecule has 1 saturated carbocycles. The van der Waals surface area contributed by atoms with E-state index in [1.807, 2.05) is 6.20 Å². The largest absolute Gasteiger partial charge is 0.257 e. The predicted molar refractivity (Wildman–Crippen MR) is 108 cm³/mol. The van der Waals surface area contributed by atoms with Crippen LogP contribution in [0.25, 0.3) is 10.9 Å². The van der Waals surface area contributed by atoms with Gasteiger partial charge in [0.15, 0.2) is 0 Å². The molecule has 2 aliphatic rings. The van der Waals surface area contributed by atoms with Crippen molar-refractivity contribution in [2.24, 2.45) is 10.9 Å². The van der Waals surface area contributed by atoms with Crippen LogP contribution in [0.5, 0.6) is 0 Å². The van der Waals surface area contributed by atoms with Gasteiger partial charge >= 0.3 is 0 Å². The van der Waals surface area contributed by atoms with Gasteiger partial charge < -0.3 is 0 Å². The molecular formula is C24H23FN2. The number of rotatable bonds is 2. The Balaban J connectivity index is 1.34. The second-order valence-corrected chi connectivity index (χ2v) is 8.02. The minimum Gasteiger partial charge on any atom is -0.257 e. The maximum atomic E-state index is 13.8. The molecule has 0 bridgehead atoms. The highest BCUT2D eigenvalue weighted by atomic mass is 19.1. The molecule has 1 aromatic heterocycles. The third-order valence-electron chi connectivity index (χ3n) is 6.25. The van der Waals surface area contributed by atoms with Crippen LogP contribution in [0.15, 0.2) is 53.7 Å². The fraction of sp³-hybridized carbons (Fsp3) is 0.333. The van der Waals surface area contributed by atoms with Gasteiger partial charge in [-0.05, 0) is 91.5 Å². The molecule has 2 aromatic carbocycles. The standard InChI is InChI=1S/C24H23FN2/c1-15-2-3-18-13-24(27-23(18)12-15)17-6-4-16(5-7-17)20-10-11-26-22-9-8-19(25)14-21(20)22/h2-3,8-12,14,16-17H,4-7,13H2,1H3. The fourth-order valence-corrected chi connectivity index (χ4v) is 4.79. The van der Waals surface area contributed by atoms with E-state index in [4.69, 9.17) is 4.99 Å². The van der Waals surface area contributed by atoms with Crippen LogP contribution in [-0.2, 0) is 6.42 Å². The number of aryl methyl sites for hydroxylation is 1. The first-order chi connectivity index (χ1) is 13.2. The maximum absolute atomic E-state index is 13.8. The minimum atomic E-state index is -0.182. The second-order valence-electron chi connectivity index (χ2n) is 8.02. The molecule has 0 spiro atoms. The summed E-state index contributed by atoms with van der Waals surface area (Å²) in [5.74, 6) is 0.887. The first kappa shape index (κ1) is 16.6. The number of fused-ring (bicyclic) bond motifs is 2. The van der Waals surface area contributed by atoms with E-state index in [0.717, 1.165) is 43.0 Å². The average molecular weight is 358 g/mol. The summed E-state index contributed by atoms with van der Waals surface area (Å²) in [5, 5.41) is 0.974. The fourth-order valence-electron chi connectivity index (χ4n) is 4.79. The molecule has 0 atom stereocenters. The maximum Gasteiger partial charge on any atom is 0.123 e. The first-order valence-electron chi connectivity index (χ1n) is 9.88. The molecule has 2 heterocycles. The molecule has 0 amide bonds. The van der Waals surface area contributed by atoms with E-state index in [9.17, 15) is 4.39 Å². The summed E-state index contributed by atoms with van der Waals surface area (Å²) in [6.45, 7) is 2.13. The molecular weight excluding hydrogens is 335 g/mol. The van der Waals surface area contributed by atoms with Crippen molar-refractivity contribution in [1.29, 1.82) is 0 Å². The smallest absolute Gasteiger partial charge is 0.123 e. The topological polar surface area (TPSA) is 25.2 Å². The van der Waals surface area contributed by atoms with E-state index in [2.05, 4.69) is 36.2 Å². The Morgan fingerprint density at radius 1 is 0.926 bits per heavy atom. The van der Waals surface area contributed by atoms with Gasteiger partial charge in [0.2, 0.25) is 0 Å². The Kier molecular flexibility index (Phi) is 4.04. The predicted octanol–water partition coefficient (Wildman–Crippen LogP) is 6.28. The van der Waals surface area contributed by atoms with Gasteiger partial charge in [0.25, 0.3) is 0 Å². The van der Waals surface area contributed by atoms with Crippen LogP contribution >= 0.6 is 0 Å². The van der Waals surface area contributed by atoms with Crippen LogP contribution in [0.1, 0.15) is 48.3 Å². The number of aliphatic imine (C=N–C) groups is 1. The summed E-state index contributed by atoms with van der Waals surface area (Å²) in [6, 6.07) is 13.6. The van der Waals surface area contributed by atoms with Gasteiger partial charge in [0.1, 0.15) is 5.82 Å². The van der Waals surface area contributed by atoms with Crippen molar-refractivity contribution >= 4 is 22.3 Å². The Morgan fingerprint density at radius 2 is 1.74 bits per heavy atom. The van der Waals surface area contributed by atoms with Crippen molar-refractivity contribution in [3.05, 3.63) is 71.2 Å². The summed E-state index contributed by atoms with van der Waals surface area (Å²) in [5.41, 5.74) is 7.32. The molecule has 0 radical (unpaired) electrons.